The Hall–Kier alpha value is -3.49. The molecule has 0 saturated carbocycles. The third-order valence-electron chi connectivity index (χ3n) is 5.49. The second-order valence-corrected chi connectivity index (χ2v) is 9.68. The van der Waals surface area contributed by atoms with Gasteiger partial charge in [0, 0.05) is 11.9 Å². The van der Waals surface area contributed by atoms with E-state index >= 15 is 0 Å². The minimum absolute atomic E-state index is 0.0686. The number of benzene rings is 3. The van der Waals surface area contributed by atoms with Gasteiger partial charge in [-0.15, -0.1) is 0 Å². The number of amides is 1. The van der Waals surface area contributed by atoms with Crippen molar-refractivity contribution in [2.24, 2.45) is 4.99 Å². The Morgan fingerprint density at radius 1 is 0.941 bits per heavy atom. The molecular formula is C26H21N3O3S2. The van der Waals surface area contributed by atoms with Crippen LogP contribution < -0.4 is 4.90 Å². The van der Waals surface area contributed by atoms with Crippen molar-refractivity contribution < 1.29 is 14.3 Å². The summed E-state index contributed by atoms with van der Waals surface area (Å²) in [7, 11) is 3.33. The monoisotopic (exact) mass is 487 g/mol. The molecule has 0 N–H and O–H groups in total. The highest BCUT2D eigenvalue weighted by Gasteiger charge is 2.39. The van der Waals surface area contributed by atoms with Gasteiger partial charge in [-0.25, -0.2) is 9.79 Å². The number of fused-ring (bicyclic) bond motifs is 1. The summed E-state index contributed by atoms with van der Waals surface area (Å²) < 4.78 is 4.77. The summed E-state index contributed by atoms with van der Waals surface area (Å²) in [5.41, 5.74) is 3.21. The number of amidine groups is 1. The predicted octanol–water partition coefficient (Wildman–Crippen LogP) is 5.65. The Balaban J connectivity index is 1.52. The number of esters is 1. The van der Waals surface area contributed by atoms with E-state index in [1.807, 2.05) is 49.5 Å². The molecule has 1 fully saturated rings. The number of nitrogens with zero attached hydrogens (tertiary/aromatic N) is 3. The summed E-state index contributed by atoms with van der Waals surface area (Å²) >= 11 is 2.98. The maximum atomic E-state index is 13.6. The fourth-order valence-corrected chi connectivity index (χ4v) is 6.07. The SMILES string of the molecule is COC(=O)c1ccc(N=C2SC(=C3Sc4ccccc4N3C)C(=O)N2Cc2ccccc2)cc1. The van der Waals surface area contributed by atoms with Crippen molar-refractivity contribution in [2.75, 3.05) is 19.1 Å². The van der Waals surface area contributed by atoms with Gasteiger partial charge in [-0.2, -0.15) is 0 Å². The molecule has 0 radical (unpaired) electrons. The Morgan fingerprint density at radius 3 is 2.35 bits per heavy atom. The number of hydrogen-bond donors (Lipinski definition) is 0. The van der Waals surface area contributed by atoms with Gasteiger partial charge >= 0.3 is 5.97 Å². The summed E-state index contributed by atoms with van der Waals surface area (Å²) in [6.07, 6.45) is 0. The third-order valence-corrected chi connectivity index (χ3v) is 7.92. The molecule has 170 valence electrons. The van der Waals surface area contributed by atoms with E-state index in [-0.39, 0.29) is 5.91 Å². The Labute approximate surface area is 206 Å². The van der Waals surface area contributed by atoms with Gasteiger partial charge in [0.2, 0.25) is 0 Å². The van der Waals surface area contributed by atoms with Crippen LogP contribution in [0.2, 0.25) is 0 Å². The van der Waals surface area contributed by atoms with E-state index in [0.717, 1.165) is 21.2 Å². The first-order valence-corrected chi connectivity index (χ1v) is 12.2. The zero-order valence-electron chi connectivity index (χ0n) is 18.6. The van der Waals surface area contributed by atoms with Crippen LogP contribution in [0.25, 0.3) is 0 Å². The molecule has 0 aliphatic carbocycles. The van der Waals surface area contributed by atoms with Crippen molar-refractivity contribution in [3.63, 3.8) is 0 Å². The van der Waals surface area contributed by atoms with Crippen LogP contribution in [-0.2, 0) is 16.1 Å². The van der Waals surface area contributed by atoms with E-state index < -0.39 is 5.97 Å². The van der Waals surface area contributed by atoms with E-state index in [4.69, 9.17) is 9.73 Å². The van der Waals surface area contributed by atoms with Gasteiger partial charge < -0.3 is 9.64 Å². The first-order valence-electron chi connectivity index (χ1n) is 10.6. The standard InChI is InChI=1S/C26H21N3O3S2/c1-28-20-10-6-7-11-21(20)33-24(28)22-23(30)29(16-17-8-4-3-5-9-17)26(34-22)27-19-14-12-18(13-15-19)25(31)32-2/h3-15H,16H2,1-2H3. The second-order valence-electron chi connectivity index (χ2n) is 7.67. The molecule has 5 rings (SSSR count). The van der Waals surface area contributed by atoms with Crippen LogP contribution in [0, 0.1) is 0 Å². The van der Waals surface area contributed by atoms with E-state index in [0.29, 0.717) is 27.9 Å². The lowest BCUT2D eigenvalue weighted by atomic mass is 10.2. The van der Waals surface area contributed by atoms with E-state index in [2.05, 4.69) is 17.0 Å². The lowest BCUT2D eigenvalue weighted by Gasteiger charge is -2.17. The molecule has 0 unspecified atom stereocenters. The normalized spacial score (nSPS) is 18.5. The van der Waals surface area contributed by atoms with Crippen LogP contribution in [-0.4, -0.2) is 36.1 Å². The molecule has 3 aromatic carbocycles. The maximum absolute atomic E-state index is 13.6. The highest BCUT2D eigenvalue weighted by atomic mass is 32.2. The zero-order chi connectivity index (χ0) is 23.7. The maximum Gasteiger partial charge on any atom is 0.337 e. The molecule has 3 aromatic rings. The first-order chi connectivity index (χ1) is 16.5. The number of aliphatic imine (C=N–C) groups is 1. The molecule has 1 amide bonds. The first kappa shape index (κ1) is 22.3. The van der Waals surface area contributed by atoms with Gasteiger partial charge in [0.1, 0.15) is 4.91 Å². The number of carbonyl (C=O) groups is 2. The largest absolute Gasteiger partial charge is 0.465 e. The van der Waals surface area contributed by atoms with Crippen molar-refractivity contribution in [1.29, 1.82) is 0 Å². The summed E-state index contributed by atoms with van der Waals surface area (Å²) in [5.74, 6) is -0.468. The van der Waals surface area contributed by atoms with Crippen molar-refractivity contribution in [3.05, 3.63) is 99.9 Å². The minimum Gasteiger partial charge on any atom is -0.465 e. The number of ether oxygens (including phenoxy) is 1. The van der Waals surface area contributed by atoms with E-state index in [9.17, 15) is 9.59 Å². The molecule has 2 aliphatic rings. The highest BCUT2D eigenvalue weighted by Crippen LogP contribution is 2.50. The number of hydrogen-bond acceptors (Lipinski definition) is 7. The van der Waals surface area contributed by atoms with Crippen molar-refractivity contribution in [2.45, 2.75) is 11.4 Å². The molecule has 0 bridgehead atoms. The van der Waals surface area contributed by atoms with Crippen molar-refractivity contribution in [3.8, 4) is 0 Å². The van der Waals surface area contributed by atoms with Gasteiger partial charge in [-0.3, -0.25) is 9.69 Å². The average molecular weight is 488 g/mol. The number of methoxy groups -OCH3 is 1. The molecular weight excluding hydrogens is 466 g/mol. The summed E-state index contributed by atoms with van der Waals surface area (Å²) in [6, 6.07) is 24.8. The molecule has 2 aliphatic heterocycles. The molecule has 8 heteroatoms. The molecule has 0 spiro atoms. The van der Waals surface area contributed by atoms with Gasteiger partial charge in [0.05, 0.1) is 35.6 Å². The summed E-state index contributed by atoms with van der Waals surface area (Å²) in [5, 5.41) is 1.51. The topological polar surface area (TPSA) is 62.2 Å². The molecule has 2 heterocycles. The van der Waals surface area contributed by atoms with Crippen LogP contribution in [0.4, 0.5) is 11.4 Å². The van der Waals surface area contributed by atoms with Crippen LogP contribution >= 0.6 is 23.5 Å². The van der Waals surface area contributed by atoms with Crippen molar-refractivity contribution >= 4 is 51.9 Å². The van der Waals surface area contributed by atoms with E-state index in [1.54, 1.807) is 40.9 Å². The summed E-state index contributed by atoms with van der Waals surface area (Å²) in [6.45, 7) is 0.420. The fourth-order valence-electron chi connectivity index (χ4n) is 3.72. The van der Waals surface area contributed by atoms with Crippen LogP contribution in [0.5, 0.6) is 0 Å². The van der Waals surface area contributed by atoms with Gasteiger partial charge in [0.15, 0.2) is 5.17 Å². The van der Waals surface area contributed by atoms with Crippen LogP contribution in [0.3, 0.4) is 0 Å². The Bertz CT molecular complexity index is 1320. The quantitative estimate of drug-likeness (QED) is 0.350. The lowest BCUT2D eigenvalue weighted by Crippen LogP contribution is -2.29. The third kappa shape index (κ3) is 4.22. The van der Waals surface area contributed by atoms with E-state index in [1.165, 1.54) is 18.9 Å². The number of para-hydroxylation sites is 1. The predicted molar refractivity (Wildman–Crippen MR) is 137 cm³/mol. The van der Waals surface area contributed by atoms with Gasteiger partial charge in [-0.05, 0) is 53.7 Å². The van der Waals surface area contributed by atoms with Gasteiger partial charge in [-0.1, -0.05) is 54.2 Å². The number of rotatable bonds is 4. The minimum atomic E-state index is -0.400. The van der Waals surface area contributed by atoms with Crippen LogP contribution in [0.15, 0.2) is 98.7 Å². The second kappa shape index (κ2) is 9.40. The Kier molecular flexibility index (Phi) is 6.17. The average Bonchev–Trinajstić information content (AvgIpc) is 3.36. The van der Waals surface area contributed by atoms with Gasteiger partial charge in [0.25, 0.3) is 5.91 Å². The molecule has 6 nitrogen and oxygen atoms in total. The molecule has 0 atom stereocenters. The molecule has 34 heavy (non-hydrogen) atoms. The number of thioether (sulfide) groups is 2. The van der Waals surface area contributed by atoms with Crippen molar-refractivity contribution in [1.82, 2.24) is 4.90 Å². The number of carbonyl (C=O) groups excluding carboxylic acids is 2. The lowest BCUT2D eigenvalue weighted by molar-refractivity contribution is -0.122. The Morgan fingerprint density at radius 2 is 1.65 bits per heavy atom. The van der Waals surface area contributed by atoms with Crippen LogP contribution in [0.1, 0.15) is 15.9 Å². The summed E-state index contributed by atoms with van der Waals surface area (Å²) in [4.78, 5) is 35.7. The zero-order valence-corrected chi connectivity index (χ0v) is 20.2. The number of anilines is 1. The molecule has 0 aromatic heterocycles. The highest BCUT2D eigenvalue weighted by molar-refractivity contribution is 8.19. The molecule has 1 saturated heterocycles. The fraction of sp³-hybridized carbons (Fsp3) is 0.115. The smallest absolute Gasteiger partial charge is 0.337 e.